The van der Waals surface area contributed by atoms with E-state index in [0.717, 1.165) is 25.2 Å². The van der Waals surface area contributed by atoms with Crippen LogP contribution in [0.2, 0.25) is 0 Å². The summed E-state index contributed by atoms with van der Waals surface area (Å²) in [4.78, 5) is 29.5. The molecule has 0 bridgehead atoms. The first-order chi connectivity index (χ1) is 15.5. The van der Waals surface area contributed by atoms with Gasteiger partial charge in [-0.1, -0.05) is 18.2 Å². The Hall–Kier alpha value is -3.64. The highest BCUT2D eigenvalue weighted by Gasteiger charge is 2.24. The molecule has 32 heavy (non-hydrogen) atoms. The Morgan fingerprint density at radius 3 is 1.84 bits per heavy atom. The Kier molecular flexibility index (Phi) is 6.52. The van der Waals surface area contributed by atoms with Crippen LogP contribution in [-0.2, 0) is 0 Å². The van der Waals surface area contributed by atoms with E-state index < -0.39 is 0 Å². The molecule has 1 atom stereocenters. The molecule has 0 aromatic heterocycles. The molecule has 1 saturated heterocycles. The molecule has 1 aliphatic heterocycles. The second-order valence-electron chi connectivity index (χ2n) is 8.25. The molecule has 2 amide bonds. The smallest absolute Gasteiger partial charge is 0.255 e. The second kappa shape index (κ2) is 9.66. The quantitative estimate of drug-likeness (QED) is 0.613. The van der Waals surface area contributed by atoms with Gasteiger partial charge in [0, 0.05) is 47.3 Å². The van der Waals surface area contributed by atoms with Crippen molar-refractivity contribution in [2.45, 2.75) is 12.5 Å². The van der Waals surface area contributed by atoms with Gasteiger partial charge in [0.25, 0.3) is 11.8 Å². The van der Waals surface area contributed by atoms with Crippen molar-refractivity contribution >= 4 is 28.9 Å². The Morgan fingerprint density at radius 2 is 1.31 bits per heavy atom. The Balaban J connectivity index is 1.33. The van der Waals surface area contributed by atoms with Crippen molar-refractivity contribution in [3.05, 3.63) is 90.0 Å². The molecule has 1 unspecified atom stereocenters. The molecule has 2 N–H and O–H groups in total. The average Bonchev–Trinajstić information content (AvgIpc) is 3.31. The Morgan fingerprint density at radius 1 is 0.781 bits per heavy atom. The molecular weight excluding hydrogens is 400 g/mol. The van der Waals surface area contributed by atoms with E-state index in [2.05, 4.69) is 46.7 Å². The van der Waals surface area contributed by atoms with Crippen molar-refractivity contribution in [3.8, 4) is 0 Å². The van der Waals surface area contributed by atoms with Gasteiger partial charge in [-0.15, -0.1) is 0 Å². The standard InChI is InChI=1S/C26H28N4O2/c1-29(2)24-16-17-30(18-24)23-14-12-22(13-15-23)28-26(32)20-8-10-21(11-9-20)27-25(31)19-6-4-3-5-7-19/h3-15,24H,16-18H2,1-2H3,(H,27,31)(H,28,32). The van der Waals surface area contributed by atoms with Crippen LogP contribution in [0.3, 0.4) is 0 Å². The summed E-state index contributed by atoms with van der Waals surface area (Å²) in [5, 5.41) is 5.77. The lowest BCUT2D eigenvalue weighted by Gasteiger charge is -2.22. The zero-order valence-electron chi connectivity index (χ0n) is 18.4. The average molecular weight is 429 g/mol. The highest BCUT2D eigenvalue weighted by atomic mass is 16.2. The minimum absolute atomic E-state index is 0.183. The number of nitrogens with zero attached hydrogens (tertiary/aromatic N) is 2. The third kappa shape index (κ3) is 5.15. The molecule has 1 fully saturated rings. The molecule has 4 rings (SSSR count). The third-order valence-electron chi connectivity index (χ3n) is 5.82. The summed E-state index contributed by atoms with van der Waals surface area (Å²) in [6.07, 6.45) is 1.16. The normalized spacial score (nSPS) is 15.6. The fourth-order valence-corrected chi connectivity index (χ4v) is 3.85. The number of anilines is 3. The number of carbonyl (C=O) groups is 2. The summed E-state index contributed by atoms with van der Waals surface area (Å²) >= 11 is 0. The number of nitrogens with one attached hydrogen (secondary N) is 2. The van der Waals surface area contributed by atoms with Crippen molar-refractivity contribution in [2.75, 3.05) is 42.7 Å². The summed E-state index contributed by atoms with van der Waals surface area (Å²) in [7, 11) is 4.24. The van der Waals surface area contributed by atoms with Crippen LogP contribution < -0.4 is 15.5 Å². The van der Waals surface area contributed by atoms with E-state index in [1.54, 1.807) is 36.4 Å². The molecule has 0 aliphatic carbocycles. The van der Waals surface area contributed by atoms with Crippen LogP contribution in [0, 0.1) is 0 Å². The number of amides is 2. The lowest BCUT2D eigenvalue weighted by atomic mass is 10.1. The predicted octanol–water partition coefficient (Wildman–Crippen LogP) is 4.33. The fourth-order valence-electron chi connectivity index (χ4n) is 3.85. The SMILES string of the molecule is CN(C)C1CCN(c2ccc(NC(=O)c3ccc(NC(=O)c4ccccc4)cc3)cc2)C1. The van der Waals surface area contributed by atoms with E-state index in [1.165, 1.54) is 5.69 Å². The second-order valence-corrected chi connectivity index (χ2v) is 8.25. The molecule has 3 aromatic rings. The maximum Gasteiger partial charge on any atom is 0.255 e. The molecule has 3 aromatic carbocycles. The fraction of sp³-hybridized carbons (Fsp3) is 0.231. The summed E-state index contributed by atoms with van der Waals surface area (Å²) in [6.45, 7) is 2.06. The van der Waals surface area contributed by atoms with Crippen LogP contribution >= 0.6 is 0 Å². The summed E-state index contributed by atoms with van der Waals surface area (Å²) in [5.41, 5.74) is 3.68. The number of carbonyl (C=O) groups excluding carboxylic acids is 2. The van der Waals surface area contributed by atoms with E-state index in [0.29, 0.717) is 22.9 Å². The van der Waals surface area contributed by atoms with Crippen molar-refractivity contribution in [1.29, 1.82) is 0 Å². The number of hydrogen-bond donors (Lipinski definition) is 2. The Bertz CT molecular complexity index is 1060. The van der Waals surface area contributed by atoms with Crippen LogP contribution in [0.1, 0.15) is 27.1 Å². The van der Waals surface area contributed by atoms with Crippen molar-refractivity contribution in [2.24, 2.45) is 0 Å². The molecule has 6 heteroatoms. The van der Waals surface area contributed by atoms with Crippen LogP contribution in [0.5, 0.6) is 0 Å². The van der Waals surface area contributed by atoms with Gasteiger partial charge in [0.05, 0.1) is 0 Å². The van der Waals surface area contributed by atoms with E-state index >= 15 is 0 Å². The minimum Gasteiger partial charge on any atom is -0.370 e. The highest BCUT2D eigenvalue weighted by molar-refractivity contribution is 6.06. The van der Waals surface area contributed by atoms with Crippen molar-refractivity contribution < 1.29 is 9.59 Å². The largest absolute Gasteiger partial charge is 0.370 e. The van der Waals surface area contributed by atoms with Crippen molar-refractivity contribution in [3.63, 3.8) is 0 Å². The molecule has 0 radical (unpaired) electrons. The molecule has 1 aliphatic rings. The van der Waals surface area contributed by atoms with E-state index in [9.17, 15) is 9.59 Å². The first-order valence-corrected chi connectivity index (χ1v) is 10.8. The molecule has 1 heterocycles. The van der Waals surface area contributed by atoms with E-state index in [-0.39, 0.29) is 11.8 Å². The maximum absolute atomic E-state index is 12.6. The predicted molar refractivity (Wildman–Crippen MR) is 130 cm³/mol. The highest BCUT2D eigenvalue weighted by Crippen LogP contribution is 2.24. The van der Waals surface area contributed by atoms with E-state index in [4.69, 9.17) is 0 Å². The molecule has 0 spiro atoms. The van der Waals surface area contributed by atoms with Crippen LogP contribution in [0.25, 0.3) is 0 Å². The van der Waals surface area contributed by atoms with Crippen LogP contribution in [-0.4, -0.2) is 49.9 Å². The number of benzene rings is 3. The van der Waals surface area contributed by atoms with Crippen molar-refractivity contribution in [1.82, 2.24) is 4.90 Å². The van der Waals surface area contributed by atoms with Gasteiger partial charge in [-0.05, 0) is 81.2 Å². The summed E-state index contributed by atoms with van der Waals surface area (Å²) in [6, 6.07) is 24.4. The topological polar surface area (TPSA) is 64.7 Å². The monoisotopic (exact) mass is 428 g/mol. The van der Waals surface area contributed by atoms with Gasteiger partial charge in [0.2, 0.25) is 0 Å². The van der Waals surface area contributed by atoms with Gasteiger partial charge < -0.3 is 20.4 Å². The number of hydrogen-bond acceptors (Lipinski definition) is 4. The molecule has 0 saturated carbocycles. The third-order valence-corrected chi connectivity index (χ3v) is 5.82. The number of rotatable bonds is 6. The lowest BCUT2D eigenvalue weighted by Crippen LogP contribution is -2.31. The zero-order valence-corrected chi connectivity index (χ0v) is 18.4. The lowest BCUT2D eigenvalue weighted by molar-refractivity contribution is 0.102. The van der Waals surface area contributed by atoms with Gasteiger partial charge in [0.15, 0.2) is 0 Å². The first-order valence-electron chi connectivity index (χ1n) is 10.8. The van der Waals surface area contributed by atoms with E-state index in [1.807, 2.05) is 30.3 Å². The van der Waals surface area contributed by atoms with Gasteiger partial charge in [-0.3, -0.25) is 9.59 Å². The molecule has 6 nitrogen and oxygen atoms in total. The summed E-state index contributed by atoms with van der Waals surface area (Å²) < 4.78 is 0. The van der Waals surface area contributed by atoms with Gasteiger partial charge >= 0.3 is 0 Å². The van der Waals surface area contributed by atoms with Gasteiger partial charge in [-0.2, -0.15) is 0 Å². The maximum atomic E-state index is 12.6. The van der Waals surface area contributed by atoms with Crippen LogP contribution in [0.4, 0.5) is 17.1 Å². The Labute approximate surface area is 188 Å². The van der Waals surface area contributed by atoms with Gasteiger partial charge in [0.1, 0.15) is 0 Å². The summed E-state index contributed by atoms with van der Waals surface area (Å²) in [5.74, 6) is -0.370. The molecule has 164 valence electrons. The van der Waals surface area contributed by atoms with Gasteiger partial charge in [-0.25, -0.2) is 0 Å². The first kappa shape index (κ1) is 21.6. The van der Waals surface area contributed by atoms with Crippen LogP contribution in [0.15, 0.2) is 78.9 Å². The number of likely N-dealkylation sites (N-methyl/N-ethyl adjacent to an activating group) is 1. The minimum atomic E-state index is -0.187. The molecular formula is C26H28N4O2. The zero-order chi connectivity index (χ0) is 22.5.